The van der Waals surface area contributed by atoms with Gasteiger partial charge in [0.05, 0.1) is 13.0 Å². The van der Waals surface area contributed by atoms with Crippen LogP contribution in [0.1, 0.15) is 38.8 Å². The molecular formula is C16H23NO2. The van der Waals surface area contributed by atoms with Gasteiger partial charge in [-0.3, -0.25) is 4.79 Å². The molecule has 0 saturated carbocycles. The predicted molar refractivity (Wildman–Crippen MR) is 76.0 cm³/mol. The number of carbonyl (C=O) groups excluding carboxylic acids is 1. The van der Waals surface area contributed by atoms with Gasteiger partial charge in [-0.1, -0.05) is 19.1 Å². The normalized spacial score (nSPS) is 24.2. The third-order valence-corrected chi connectivity index (χ3v) is 4.27. The van der Waals surface area contributed by atoms with Crippen molar-refractivity contribution in [3.05, 3.63) is 36.2 Å². The number of allylic oxidation sites excluding steroid dienone is 1. The molecule has 0 saturated heterocycles. The maximum absolute atomic E-state index is 11.5. The monoisotopic (exact) mass is 261 g/mol. The molecule has 1 aliphatic heterocycles. The van der Waals surface area contributed by atoms with Gasteiger partial charge >= 0.3 is 5.97 Å². The smallest absolute Gasteiger partial charge is 0.312 e. The van der Waals surface area contributed by atoms with Gasteiger partial charge in [-0.2, -0.15) is 0 Å². The second-order valence-electron chi connectivity index (χ2n) is 5.37. The van der Waals surface area contributed by atoms with Crippen molar-refractivity contribution in [2.24, 2.45) is 5.92 Å². The molecular weight excluding hydrogens is 238 g/mol. The average Bonchev–Trinajstić information content (AvgIpc) is 2.93. The minimum absolute atomic E-state index is 0.0734. The van der Waals surface area contributed by atoms with E-state index >= 15 is 0 Å². The Morgan fingerprint density at radius 2 is 2.42 bits per heavy atom. The summed E-state index contributed by atoms with van der Waals surface area (Å²) in [5.74, 6) is -0.354. The molecule has 0 fully saturated rings. The topological polar surface area (TPSA) is 31.2 Å². The highest BCUT2D eigenvalue weighted by molar-refractivity contribution is 5.73. The Balaban J connectivity index is 2.26. The molecule has 0 N–H and O–H groups in total. The minimum Gasteiger partial charge on any atom is -0.469 e. The van der Waals surface area contributed by atoms with Crippen LogP contribution in [0.3, 0.4) is 0 Å². The molecule has 2 heterocycles. The second kappa shape index (κ2) is 5.64. The van der Waals surface area contributed by atoms with Gasteiger partial charge < -0.3 is 9.30 Å². The first kappa shape index (κ1) is 13.9. The summed E-state index contributed by atoms with van der Waals surface area (Å²) in [7, 11) is 1.44. The average molecular weight is 261 g/mol. The summed E-state index contributed by atoms with van der Waals surface area (Å²) in [4.78, 5) is 11.5. The SMILES string of the molecule is CC[C@]1(C=C[C@@H](C)C(=O)OC)CCCn2cccc21. The summed E-state index contributed by atoms with van der Waals surface area (Å²) in [6.45, 7) is 5.20. The van der Waals surface area contributed by atoms with Gasteiger partial charge in [0.15, 0.2) is 0 Å². The number of aromatic nitrogens is 1. The Hall–Kier alpha value is -1.51. The second-order valence-corrected chi connectivity index (χ2v) is 5.37. The molecule has 1 aliphatic rings. The first-order chi connectivity index (χ1) is 9.13. The van der Waals surface area contributed by atoms with Crippen LogP contribution in [0.4, 0.5) is 0 Å². The zero-order valence-electron chi connectivity index (χ0n) is 12.1. The zero-order valence-corrected chi connectivity index (χ0v) is 12.1. The summed E-state index contributed by atoms with van der Waals surface area (Å²) in [6, 6.07) is 4.32. The molecule has 0 amide bonds. The van der Waals surface area contributed by atoms with Crippen LogP contribution in [0, 0.1) is 5.92 Å². The first-order valence-electron chi connectivity index (χ1n) is 7.06. The van der Waals surface area contributed by atoms with E-state index < -0.39 is 0 Å². The van der Waals surface area contributed by atoms with Gasteiger partial charge in [-0.15, -0.1) is 0 Å². The lowest BCUT2D eigenvalue weighted by Crippen LogP contribution is -2.31. The van der Waals surface area contributed by atoms with Crippen molar-refractivity contribution in [1.29, 1.82) is 0 Å². The van der Waals surface area contributed by atoms with Gasteiger partial charge in [0.25, 0.3) is 0 Å². The number of hydrogen-bond donors (Lipinski definition) is 0. The molecule has 104 valence electrons. The minimum atomic E-state index is -0.182. The lowest BCUT2D eigenvalue weighted by atomic mass is 9.75. The number of fused-ring (bicyclic) bond motifs is 1. The Labute approximate surface area is 115 Å². The Bertz CT molecular complexity index is 475. The molecule has 0 bridgehead atoms. The number of hydrogen-bond acceptors (Lipinski definition) is 2. The highest BCUT2D eigenvalue weighted by Gasteiger charge is 2.33. The van der Waals surface area contributed by atoms with Crippen LogP contribution < -0.4 is 0 Å². The van der Waals surface area contributed by atoms with E-state index in [9.17, 15) is 4.79 Å². The summed E-state index contributed by atoms with van der Waals surface area (Å²) in [6.07, 6.45) is 9.76. The van der Waals surface area contributed by atoms with Crippen LogP contribution in [-0.4, -0.2) is 17.6 Å². The molecule has 0 radical (unpaired) electrons. The number of methoxy groups -OCH3 is 1. The highest BCUT2D eigenvalue weighted by Crippen LogP contribution is 2.38. The molecule has 19 heavy (non-hydrogen) atoms. The molecule has 0 aliphatic carbocycles. The standard InChI is InChI=1S/C16H23NO2/c1-4-16(10-8-13(2)15(18)19-3)9-6-12-17-11-5-7-14(16)17/h5,7-8,10-11,13H,4,6,9,12H2,1-3H3/t13-,16-/m1/s1. The van der Waals surface area contributed by atoms with Crippen molar-refractivity contribution in [1.82, 2.24) is 4.57 Å². The molecule has 2 atom stereocenters. The fourth-order valence-electron chi connectivity index (χ4n) is 2.99. The van der Waals surface area contributed by atoms with Gasteiger partial charge in [-0.25, -0.2) is 0 Å². The molecule has 3 nitrogen and oxygen atoms in total. The summed E-state index contributed by atoms with van der Waals surface area (Å²) >= 11 is 0. The first-order valence-corrected chi connectivity index (χ1v) is 7.06. The van der Waals surface area contributed by atoms with E-state index in [1.807, 2.05) is 13.0 Å². The van der Waals surface area contributed by atoms with Crippen molar-refractivity contribution < 1.29 is 9.53 Å². The number of carbonyl (C=O) groups is 1. The molecule has 2 rings (SSSR count). The third kappa shape index (κ3) is 2.60. The molecule has 1 aromatic rings. The van der Waals surface area contributed by atoms with Crippen LogP contribution in [0.25, 0.3) is 0 Å². The Morgan fingerprint density at radius 1 is 1.63 bits per heavy atom. The van der Waals surface area contributed by atoms with Crippen molar-refractivity contribution in [3.63, 3.8) is 0 Å². The van der Waals surface area contributed by atoms with Crippen molar-refractivity contribution >= 4 is 5.97 Å². The Kier molecular flexibility index (Phi) is 4.13. The van der Waals surface area contributed by atoms with E-state index in [1.165, 1.54) is 19.2 Å². The number of esters is 1. The van der Waals surface area contributed by atoms with E-state index in [-0.39, 0.29) is 17.3 Å². The maximum Gasteiger partial charge on any atom is 0.312 e. The quantitative estimate of drug-likeness (QED) is 0.615. The van der Waals surface area contributed by atoms with Gasteiger partial charge in [-0.05, 0) is 38.3 Å². The highest BCUT2D eigenvalue weighted by atomic mass is 16.5. The maximum atomic E-state index is 11.5. The van der Waals surface area contributed by atoms with Crippen LogP contribution >= 0.6 is 0 Å². The fraction of sp³-hybridized carbons (Fsp3) is 0.562. The van der Waals surface area contributed by atoms with Crippen LogP contribution in [0.5, 0.6) is 0 Å². The molecule has 0 unspecified atom stereocenters. The van der Waals surface area contributed by atoms with Crippen molar-refractivity contribution in [2.45, 2.75) is 45.1 Å². The lowest BCUT2D eigenvalue weighted by molar-refractivity contribution is -0.143. The van der Waals surface area contributed by atoms with Crippen LogP contribution in [0.15, 0.2) is 30.5 Å². The number of ether oxygens (including phenoxy) is 1. The Morgan fingerprint density at radius 3 is 3.11 bits per heavy atom. The van der Waals surface area contributed by atoms with E-state index in [4.69, 9.17) is 4.74 Å². The van der Waals surface area contributed by atoms with Crippen LogP contribution in [-0.2, 0) is 21.5 Å². The largest absolute Gasteiger partial charge is 0.469 e. The third-order valence-electron chi connectivity index (χ3n) is 4.27. The van der Waals surface area contributed by atoms with E-state index in [2.05, 4.69) is 35.9 Å². The summed E-state index contributed by atoms with van der Waals surface area (Å²) in [5, 5.41) is 0. The van der Waals surface area contributed by atoms with Gasteiger partial charge in [0.1, 0.15) is 0 Å². The number of rotatable bonds is 4. The molecule has 0 spiro atoms. The van der Waals surface area contributed by atoms with Crippen molar-refractivity contribution in [2.75, 3.05) is 7.11 Å². The van der Waals surface area contributed by atoms with E-state index in [0.29, 0.717) is 0 Å². The number of nitrogens with zero attached hydrogens (tertiary/aromatic N) is 1. The van der Waals surface area contributed by atoms with Gasteiger partial charge in [0.2, 0.25) is 0 Å². The molecule has 3 heteroatoms. The van der Waals surface area contributed by atoms with Crippen molar-refractivity contribution in [3.8, 4) is 0 Å². The van der Waals surface area contributed by atoms with E-state index in [1.54, 1.807) is 0 Å². The summed E-state index contributed by atoms with van der Waals surface area (Å²) < 4.78 is 7.11. The summed E-state index contributed by atoms with van der Waals surface area (Å²) in [5.41, 5.74) is 1.44. The fourth-order valence-corrected chi connectivity index (χ4v) is 2.99. The zero-order chi connectivity index (χ0) is 13.9. The number of aryl methyl sites for hydroxylation is 1. The lowest BCUT2D eigenvalue weighted by Gasteiger charge is -2.35. The predicted octanol–water partition coefficient (Wildman–Crippen LogP) is 3.30. The van der Waals surface area contributed by atoms with Gasteiger partial charge in [0, 0.05) is 23.9 Å². The molecule has 1 aromatic heterocycles. The van der Waals surface area contributed by atoms with Crippen LogP contribution in [0.2, 0.25) is 0 Å². The molecule has 0 aromatic carbocycles. The van der Waals surface area contributed by atoms with E-state index in [0.717, 1.165) is 19.4 Å².